The highest BCUT2D eigenvalue weighted by Crippen LogP contribution is 2.30. The molecule has 1 fully saturated rings. The van der Waals surface area contributed by atoms with E-state index in [2.05, 4.69) is 22.2 Å². The smallest absolute Gasteiger partial charge is 0.109 e. The summed E-state index contributed by atoms with van der Waals surface area (Å²) in [7, 11) is 0. The van der Waals surface area contributed by atoms with Crippen molar-refractivity contribution in [3.63, 3.8) is 0 Å². The van der Waals surface area contributed by atoms with E-state index < -0.39 is 0 Å². The Labute approximate surface area is 91.7 Å². The monoisotopic (exact) mass is 207 g/mol. The zero-order valence-electron chi connectivity index (χ0n) is 9.55. The van der Waals surface area contributed by atoms with Crippen LogP contribution in [0.15, 0.2) is 6.20 Å². The van der Waals surface area contributed by atoms with E-state index >= 15 is 0 Å². The summed E-state index contributed by atoms with van der Waals surface area (Å²) < 4.78 is 0. The molecule has 84 valence electrons. The fourth-order valence-electron chi connectivity index (χ4n) is 2.31. The third kappa shape index (κ3) is 2.81. The highest BCUT2D eigenvalue weighted by atomic mass is 15.0. The molecule has 15 heavy (non-hydrogen) atoms. The van der Waals surface area contributed by atoms with E-state index in [-0.39, 0.29) is 0 Å². The molecular formula is C12H21N3. The summed E-state index contributed by atoms with van der Waals surface area (Å²) in [6.07, 6.45) is 8.75. The summed E-state index contributed by atoms with van der Waals surface area (Å²) in [5, 5.41) is 3.31. The van der Waals surface area contributed by atoms with E-state index in [4.69, 9.17) is 0 Å². The number of rotatable bonds is 4. The number of aromatic nitrogens is 2. The van der Waals surface area contributed by atoms with E-state index in [9.17, 15) is 0 Å². The van der Waals surface area contributed by atoms with Crippen molar-refractivity contribution in [2.45, 2.75) is 51.5 Å². The van der Waals surface area contributed by atoms with Crippen LogP contribution >= 0.6 is 0 Å². The topological polar surface area (TPSA) is 40.7 Å². The second-order valence-corrected chi connectivity index (χ2v) is 4.41. The summed E-state index contributed by atoms with van der Waals surface area (Å²) in [5.74, 6) is 1.90. The Hall–Kier alpha value is -0.830. The van der Waals surface area contributed by atoms with Crippen molar-refractivity contribution >= 4 is 0 Å². The van der Waals surface area contributed by atoms with Gasteiger partial charge in [0.15, 0.2) is 0 Å². The quantitative estimate of drug-likeness (QED) is 0.796. The minimum atomic E-state index is 0.689. The summed E-state index contributed by atoms with van der Waals surface area (Å²) >= 11 is 0. The van der Waals surface area contributed by atoms with Crippen molar-refractivity contribution in [1.29, 1.82) is 0 Å². The lowest BCUT2D eigenvalue weighted by Gasteiger charge is -2.19. The van der Waals surface area contributed by atoms with Gasteiger partial charge in [-0.1, -0.05) is 26.2 Å². The van der Waals surface area contributed by atoms with E-state index in [1.165, 1.54) is 43.6 Å². The van der Waals surface area contributed by atoms with Crippen LogP contribution in [0, 0.1) is 0 Å². The van der Waals surface area contributed by atoms with Gasteiger partial charge in [0.05, 0.1) is 0 Å². The second kappa shape index (κ2) is 5.31. The van der Waals surface area contributed by atoms with Crippen LogP contribution in [0.3, 0.4) is 0 Å². The van der Waals surface area contributed by atoms with Crippen molar-refractivity contribution < 1.29 is 0 Å². The second-order valence-electron chi connectivity index (χ2n) is 4.41. The van der Waals surface area contributed by atoms with Crippen LogP contribution in [0.4, 0.5) is 0 Å². The Bertz CT molecular complexity index is 287. The average Bonchev–Trinajstić information content (AvgIpc) is 2.76. The van der Waals surface area contributed by atoms with E-state index in [0.717, 1.165) is 13.1 Å². The predicted octanol–water partition coefficient (Wildman–Crippen LogP) is 2.57. The number of hydrogen-bond acceptors (Lipinski definition) is 2. The minimum Gasteiger partial charge on any atom is -0.345 e. The highest BCUT2D eigenvalue weighted by molar-refractivity contribution is 5.06. The van der Waals surface area contributed by atoms with Crippen LogP contribution in [0.2, 0.25) is 0 Å². The lowest BCUT2D eigenvalue weighted by atomic mass is 9.89. The Balaban J connectivity index is 1.93. The van der Waals surface area contributed by atoms with Crippen LogP contribution < -0.4 is 5.32 Å². The first-order valence-corrected chi connectivity index (χ1v) is 6.14. The largest absolute Gasteiger partial charge is 0.345 e. The molecule has 0 aliphatic heterocycles. The van der Waals surface area contributed by atoms with Crippen LogP contribution in [0.25, 0.3) is 0 Å². The van der Waals surface area contributed by atoms with Gasteiger partial charge in [0.2, 0.25) is 0 Å². The summed E-state index contributed by atoms with van der Waals surface area (Å²) in [6, 6.07) is 0. The maximum absolute atomic E-state index is 4.50. The number of hydrogen-bond donors (Lipinski definition) is 2. The highest BCUT2D eigenvalue weighted by Gasteiger charge is 2.17. The van der Waals surface area contributed by atoms with Crippen molar-refractivity contribution in [3.8, 4) is 0 Å². The number of nitrogens with zero attached hydrogens (tertiary/aromatic N) is 1. The van der Waals surface area contributed by atoms with Gasteiger partial charge < -0.3 is 10.3 Å². The standard InChI is InChI=1S/C12H21N3/c1-2-13-8-11-9-14-12(15-11)10-6-4-3-5-7-10/h9-10,13H,2-8H2,1H3,(H,14,15). The maximum atomic E-state index is 4.50. The lowest BCUT2D eigenvalue weighted by molar-refractivity contribution is 0.430. The van der Waals surface area contributed by atoms with Crippen molar-refractivity contribution in [2.24, 2.45) is 0 Å². The first-order valence-electron chi connectivity index (χ1n) is 6.14. The maximum Gasteiger partial charge on any atom is 0.109 e. The average molecular weight is 207 g/mol. The number of H-pyrrole nitrogens is 1. The van der Waals surface area contributed by atoms with Gasteiger partial charge in [-0.05, 0) is 19.4 Å². The SMILES string of the molecule is CCNCc1cnc(C2CCCCC2)[nH]1. The van der Waals surface area contributed by atoms with Gasteiger partial charge in [-0.2, -0.15) is 0 Å². The first-order chi connectivity index (χ1) is 7.40. The van der Waals surface area contributed by atoms with Gasteiger partial charge in [-0.25, -0.2) is 4.98 Å². The van der Waals surface area contributed by atoms with Crippen molar-refractivity contribution in [1.82, 2.24) is 15.3 Å². The molecule has 1 saturated carbocycles. The molecule has 2 N–H and O–H groups in total. The van der Waals surface area contributed by atoms with Gasteiger partial charge in [-0.15, -0.1) is 0 Å². The molecule has 0 amide bonds. The molecule has 0 spiro atoms. The molecule has 0 saturated heterocycles. The molecule has 1 aromatic rings. The normalized spacial score (nSPS) is 18.2. The first kappa shape index (κ1) is 10.7. The summed E-state index contributed by atoms with van der Waals surface area (Å²) in [6.45, 7) is 4.05. The molecule has 0 unspecified atom stereocenters. The molecule has 0 bridgehead atoms. The molecule has 1 aliphatic rings. The van der Waals surface area contributed by atoms with Gasteiger partial charge >= 0.3 is 0 Å². The molecule has 0 radical (unpaired) electrons. The summed E-state index contributed by atoms with van der Waals surface area (Å²) in [4.78, 5) is 7.94. The van der Waals surface area contributed by atoms with Gasteiger partial charge in [0.1, 0.15) is 5.82 Å². The molecule has 1 heterocycles. The third-order valence-corrected chi connectivity index (χ3v) is 3.21. The fourth-order valence-corrected chi connectivity index (χ4v) is 2.31. The molecule has 0 atom stereocenters. The zero-order chi connectivity index (χ0) is 10.5. The van der Waals surface area contributed by atoms with Crippen molar-refractivity contribution in [3.05, 3.63) is 17.7 Å². The van der Waals surface area contributed by atoms with Crippen LogP contribution in [0.1, 0.15) is 56.5 Å². The zero-order valence-corrected chi connectivity index (χ0v) is 9.55. The van der Waals surface area contributed by atoms with E-state index in [1.807, 2.05) is 6.20 Å². The molecular weight excluding hydrogens is 186 g/mol. The Morgan fingerprint density at radius 2 is 2.20 bits per heavy atom. The Kier molecular flexibility index (Phi) is 3.78. The van der Waals surface area contributed by atoms with Crippen LogP contribution in [0.5, 0.6) is 0 Å². The van der Waals surface area contributed by atoms with E-state index in [1.54, 1.807) is 0 Å². The molecule has 3 nitrogen and oxygen atoms in total. The number of imidazole rings is 1. The van der Waals surface area contributed by atoms with Crippen LogP contribution in [-0.2, 0) is 6.54 Å². The molecule has 1 aromatic heterocycles. The Morgan fingerprint density at radius 1 is 1.40 bits per heavy atom. The van der Waals surface area contributed by atoms with Gasteiger partial charge in [0.25, 0.3) is 0 Å². The fraction of sp³-hybridized carbons (Fsp3) is 0.750. The third-order valence-electron chi connectivity index (χ3n) is 3.21. The molecule has 1 aliphatic carbocycles. The molecule has 3 heteroatoms. The Morgan fingerprint density at radius 3 is 2.93 bits per heavy atom. The molecule has 0 aromatic carbocycles. The minimum absolute atomic E-state index is 0.689. The van der Waals surface area contributed by atoms with Crippen molar-refractivity contribution in [2.75, 3.05) is 6.54 Å². The predicted molar refractivity (Wildman–Crippen MR) is 61.8 cm³/mol. The molecule has 2 rings (SSSR count). The van der Waals surface area contributed by atoms with E-state index in [0.29, 0.717) is 5.92 Å². The lowest BCUT2D eigenvalue weighted by Crippen LogP contribution is -2.12. The number of nitrogens with one attached hydrogen (secondary N) is 2. The van der Waals surface area contributed by atoms with Gasteiger partial charge in [0, 0.05) is 24.4 Å². The summed E-state index contributed by atoms with van der Waals surface area (Å²) in [5.41, 5.74) is 1.22. The number of aromatic amines is 1. The van der Waals surface area contributed by atoms with Crippen LogP contribution in [-0.4, -0.2) is 16.5 Å². The van der Waals surface area contributed by atoms with Gasteiger partial charge in [-0.3, -0.25) is 0 Å².